The predicted octanol–water partition coefficient (Wildman–Crippen LogP) is 1.42. The van der Waals surface area contributed by atoms with Crippen molar-refractivity contribution < 1.29 is 9.59 Å². The van der Waals surface area contributed by atoms with Crippen molar-refractivity contribution in [2.75, 3.05) is 40.3 Å². The average Bonchev–Trinajstić information content (AvgIpc) is 2.86. The van der Waals surface area contributed by atoms with Crippen LogP contribution in [0, 0.1) is 6.92 Å². The predicted molar refractivity (Wildman–Crippen MR) is 92.0 cm³/mol. The Morgan fingerprint density at radius 2 is 1.91 bits per heavy atom. The summed E-state index contributed by atoms with van der Waals surface area (Å²) in [5.74, 6) is -0.00644. The SMILES string of the molecule is Cc1nc(CN2CCN(C(=O)C(C)Cl)CC2)sc1C(=O)N(C)C. The number of halogens is 1. The van der Waals surface area contributed by atoms with E-state index in [-0.39, 0.29) is 11.8 Å². The maximum Gasteiger partial charge on any atom is 0.265 e. The van der Waals surface area contributed by atoms with E-state index in [1.165, 1.54) is 11.3 Å². The molecule has 0 aromatic carbocycles. The lowest BCUT2D eigenvalue weighted by atomic mass is 10.3. The molecule has 1 aromatic rings. The highest BCUT2D eigenvalue weighted by Gasteiger charge is 2.25. The van der Waals surface area contributed by atoms with Crippen LogP contribution in [0.15, 0.2) is 0 Å². The Morgan fingerprint density at radius 3 is 2.43 bits per heavy atom. The Labute approximate surface area is 146 Å². The number of carbonyl (C=O) groups excluding carboxylic acids is 2. The summed E-state index contributed by atoms with van der Waals surface area (Å²) >= 11 is 7.31. The second-order valence-corrected chi connectivity index (χ2v) is 7.68. The van der Waals surface area contributed by atoms with Gasteiger partial charge in [-0.05, 0) is 13.8 Å². The molecule has 0 N–H and O–H groups in total. The minimum atomic E-state index is -0.470. The molecule has 1 unspecified atom stereocenters. The first-order chi connectivity index (χ1) is 10.8. The van der Waals surface area contributed by atoms with Crippen LogP contribution in [0.2, 0.25) is 0 Å². The largest absolute Gasteiger partial charge is 0.344 e. The molecule has 2 heterocycles. The molecule has 1 saturated heterocycles. The summed E-state index contributed by atoms with van der Waals surface area (Å²) in [4.78, 5) is 34.8. The Kier molecular flexibility index (Phi) is 6.00. The molecule has 1 aliphatic heterocycles. The molecule has 0 spiro atoms. The fourth-order valence-electron chi connectivity index (χ4n) is 2.49. The summed E-state index contributed by atoms with van der Waals surface area (Å²) in [5.41, 5.74) is 0.786. The lowest BCUT2D eigenvalue weighted by molar-refractivity contribution is -0.132. The first-order valence-corrected chi connectivity index (χ1v) is 8.88. The molecule has 1 aliphatic rings. The highest BCUT2D eigenvalue weighted by molar-refractivity contribution is 7.13. The third kappa shape index (κ3) is 4.43. The van der Waals surface area contributed by atoms with Crippen molar-refractivity contribution in [3.05, 3.63) is 15.6 Å². The monoisotopic (exact) mass is 358 g/mol. The van der Waals surface area contributed by atoms with Gasteiger partial charge in [0.05, 0.1) is 12.2 Å². The third-order valence-corrected chi connectivity index (χ3v) is 5.14. The van der Waals surface area contributed by atoms with Crippen LogP contribution in [0.5, 0.6) is 0 Å². The summed E-state index contributed by atoms with van der Waals surface area (Å²) in [6, 6.07) is 0. The van der Waals surface area contributed by atoms with Crippen molar-refractivity contribution >= 4 is 34.8 Å². The Balaban J connectivity index is 1.93. The van der Waals surface area contributed by atoms with Gasteiger partial charge < -0.3 is 9.80 Å². The van der Waals surface area contributed by atoms with E-state index in [0.717, 1.165) is 23.8 Å². The smallest absolute Gasteiger partial charge is 0.265 e. The maximum atomic E-state index is 12.1. The maximum absolute atomic E-state index is 12.1. The van der Waals surface area contributed by atoms with E-state index in [1.54, 1.807) is 25.9 Å². The van der Waals surface area contributed by atoms with Gasteiger partial charge in [-0.15, -0.1) is 22.9 Å². The van der Waals surface area contributed by atoms with E-state index in [2.05, 4.69) is 9.88 Å². The van der Waals surface area contributed by atoms with Gasteiger partial charge in [0.25, 0.3) is 5.91 Å². The van der Waals surface area contributed by atoms with Crippen molar-refractivity contribution in [1.29, 1.82) is 0 Å². The number of alkyl halides is 1. The summed E-state index contributed by atoms with van der Waals surface area (Å²) in [6.45, 7) is 7.25. The number of hydrogen-bond donors (Lipinski definition) is 0. The zero-order chi connectivity index (χ0) is 17.1. The molecule has 23 heavy (non-hydrogen) atoms. The number of piperazine rings is 1. The van der Waals surface area contributed by atoms with Crippen LogP contribution in [0.1, 0.15) is 27.3 Å². The van der Waals surface area contributed by atoms with Crippen LogP contribution in [-0.2, 0) is 11.3 Å². The van der Waals surface area contributed by atoms with Gasteiger partial charge in [0.1, 0.15) is 15.3 Å². The molecule has 1 aromatic heterocycles. The topological polar surface area (TPSA) is 56.8 Å². The molecule has 1 fully saturated rings. The lowest BCUT2D eigenvalue weighted by Crippen LogP contribution is -2.49. The fourth-order valence-corrected chi connectivity index (χ4v) is 3.76. The van der Waals surface area contributed by atoms with Crippen LogP contribution < -0.4 is 0 Å². The van der Waals surface area contributed by atoms with Crippen LogP contribution >= 0.6 is 22.9 Å². The van der Waals surface area contributed by atoms with Crippen LogP contribution in [0.4, 0.5) is 0 Å². The number of nitrogens with zero attached hydrogens (tertiary/aromatic N) is 4. The first-order valence-electron chi connectivity index (χ1n) is 7.62. The van der Waals surface area contributed by atoms with Gasteiger partial charge in [-0.2, -0.15) is 0 Å². The zero-order valence-electron chi connectivity index (χ0n) is 14.0. The number of rotatable bonds is 4. The summed E-state index contributed by atoms with van der Waals surface area (Å²) in [6.07, 6.45) is 0. The van der Waals surface area contributed by atoms with Crippen molar-refractivity contribution in [1.82, 2.24) is 19.7 Å². The number of aryl methyl sites for hydroxylation is 1. The highest BCUT2D eigenvalue weighted by atomic mass is 35.5. The molecular weight excluding hydrogens is 336 g/mol. The summed E-state index contributed by atoms with van der Waals surface area (Å²) in [7, 11) is 3.49. The molecule has 0 aliphatic carbocycles. The molecule has 8 heteroatoms. The van der Waals surface area contributed by atoms with E-state index >= 15 is 0 Å². The number of thiazole rings is 1. The molecule has 0 radical (unpaired) electrons. The van der Waals surface area contributed by atoms with Crippen LogP contribution in [0.3, 0.4) is 0 Å². The van der Waals surface area contributed by atoms with E-state index in [0.29, 0.717) is 24.5 Å². The third-order valence-electron chi connectivity index (χ3n) is 3.82. The van der Waals surface area contributed by atoms with Gasteiger partial charge in [0.15, 0.2) is 0 Å². The zero-order valence-corrected chi connectivity index (χ0v) is 15.6. The summed E-state index contributed by atoms with van der Waals surface area (Å²) in [5, 5.41) is 0.473. The van der Waals surface area contributed by atoms with E-state index in [4.69, 9.17) is 11.6 Å². The normalized spacial score (nSPS) is 17.2. The van der Waals surface area contributed by atoms with Gasteiger partial charge in [-0.1, -0.05) is 0 Å². The van der Waals surface area contributed by atoms with Gasteiger partial charge in [0, 0.05) is 40.3 Å². The standard InChI is InChI=1S/C15H23ClN4O2S/c1-10(16)14(21)20-7-5-19(6-8-20)9-12-17-11(2)13(23-12)15(22)18(3)4/h10H,5-9H2,1-4H3. The molecular formula is C15H23ClN4O2S. The van der Waals surface area contributed by atoms with Crippen molar-refractivity contribution in [2.24, 2.45) is 0 Å². The Morgan fingerprint density at radius 1 is 1.30 bits per heavy atom. The number of carbonyl (C=O) groups is 2. The Hall–Kier alpha value is -1.18. The molecule has 128 valence electrons. The van der Waals surface area contributed by atoms with Gasteiger partial charge in [-0.3, -0.25) is 14.5 Å². The lowest BCUT2D eigenvalue weighted by Gasteiger charge is -2.34. The van der Waals surface area contributed by atoms with Gasteiger partial charge in [-0.25, -0.2) is 4.98 Å². The molecule has 1 atom stereocenters. The van der Waals surface area contributed by atoms with Crippen LogP contribution in [-0.4, -0.2) is 77.1 Å². The van der Waals surface area contributed by atoms with Gasteiger partial charge in [0.2, 0.25) is 5.91 Å². The number of amides is 2. The minimum Gasteiger partial charge on any atom is -0.344 e. The Bertz CT molecular complexity index is 580. The first kappa shape index (κ1) is 18.2. The number of aromatic nitrogens is 1. The second-order valence-electron chi connectivity index (χ2n) is 5.94. The molecule has 6 nitrogen and oxygen atoms in total. The second kappa shape index (κ2) is 7.59. The van der Waals surface area contributed by atoms with Crippen molar-refractivity contribution in [3.8, 4) is 0 Å². The molecule has 2 amide bonds. The van der Waals surface area contributed by atoms with Crippen molar-refractivity contribution in [3.63, 3.8) is 0 Å². The summed E-state index contributed by atoms with van der Waals surface area (Å²) < 4.78 is 0. The average molecular weight is 359 g/mol. The molecule has 0 bridgehead atoms. The van der Waals surface area contributed by atoms with E-state index in [1.807, 2.05) is 11.8 Å². The van der Waals surface area contributed by atoms with Gasteiger partial charge >= 0.3 is 0 Å². The van der Waals surface area contributed by atoms with E-state index in [9.17, 15) is 9.59 Å². The highest BCUT2D eigenvalue weighted by Crippen LogP contribution is 2.21. The fraction of sp³-hybridized carbons (Fsp3) is 0.667. The molecule has 2 rings (SSSR count). The minimum absolute atomic E-state index is 0.00207. The van der Waals surface area contributed by atoms with E-state index < -0.39 is 5.38 Å². The quantitative estimate of drug-likeness (QED) is 0.764. The number of hydrogen-bond acceptors (Lipinski definition) is 5. The van der Waals surface area contributed by atoms with Crippen LogP contribution in [0.25, 0.3) is 0 Å². The van der Waals surface area contributed by atoms with Crippen molar-refractivity contribution in [2.45, 2.75) is 25.8 Å². The molecule has 0 saturated carbocycles.